The summed E-state index contributed by atoms with van der Waals surface area (Å²) in [5.41, 5.74) is 0. The highest BCUT2D eigenvalue weighted by Gasteiger charge is 2.05. The first-order chi connectivity index (χ1) is 7.85. The average Bonchev–Trinajstić information content (AvgIpc) is 2.29. The maximum atomic E-state index is 3.63. The molecule has 0 aromatic heterocycles. The third-order valence-corrected chi connectivity index (χ3v) is 2.94. The molecular weight excluding hydrogens is 196 g/mol. The van der Waals surface area contributed by atoms with Gasteiger partial charge in [0.05, 0.1) is 6.17 Å². The van der Waals surface area contributed by atoms with E-state index in [1.54, 1.807) is 0 Å². The second kappa shape index (κ2) is 13.0. The van der Waals surface area contributed by atoms with Crippen LogP contribution in [-0.2, 0) is 0 Å². The van der Waals surface area contributed by atoms with Crippen LogP contribution >= 0.6 is 0 Å². The van der Waals surface area contributed by atoms with Crippen molar-refractivity contribution < 1.29 is 0 Å². The van der Waals surface area contributed by atoms with Crippen LogP contribution in [0.15, 0.2) is 0 Å². The minimum absolute atomic E-state index is 0.546. The summed E-state index contributed by atoms with van der Waals surface area (Å²) in [6, 6.07) is 0. The second-order valence-electron chi connectivity index (χ2n) is 4.66. The fourth-order valence-corrected chi connectivity index (χ4v) is 1.78. The SMILES string of the molecule is CCCCCC(NCCCC)NCCCC. The summed E-state index contributed by atoms with van der Waals surface area (Å²) in [4.78, 5) is 0. The van der Waals surface area contributed by atoms with Gasteiger partial charge in [0.1, 0.15) is 0 Å². The van der Waals surface area contributed by atoms with Gasteiger partial charge in [-0.05, 0) is 32.4 Å². The first-order valence-electron chi connectivity index (χ1n) is 7.31. The molecule has 0 amide bonds. The van der Waals surface area contributed by atoms with Gasteiger partial charge >= 0.3 is 0 Å². The number of hydrogen-bond acceptors (Lipinski definition) is 2. The lowest BCUT2D eigenvalue weighted by Crippen LogP contribution is -2.43. The van der Waals surface area contributed by atoms with Gasteiger partial charge in [-0.1, -0.05) is 52.9 Å². The van der Waals surface area contributed by atoms with Crippen LogP contribution < -0.4 is 10.6 Å². The smallest absolute Gasteiger partial charge is 0.0571 e. The molecule has 2 nitrogen and oxygen atoms in total. The molecule has 2 heteroatoms. The van der Waals surface area contributed by atoms with Crippen molar-refractivity contribution in [2.24, 2.45) is 0 Å². The van der Waals surface area contributed by atoms with E-state index in [1.807, 2.05) is 0 Å². The van der Waals surface area contributed by atoms with Gasteiger partial charge in [0, 0.05) is 0 Å². The molecule has 0 radical (unpaired) electrons. The third-order valence-electron chi connectivity index (χ3n) is 2.94. The maximum Gasteiger partial charge on any atom is 0.0571 e. The molecule has 0 aromatic rings. The average molecular weight is 228 g/mol. The molecule has 0 aliphatic heterocycles. The van der Waals surface area contributed by atoms with Crippen molar-refractivity contribution in [3.8, 4) is 0 Å². The zero-order valence-corrected chi connectivity index (χ0v) is 11.6. The van der Waals surface area contributed by atoms with E-state index >= 15 is 0 Å². The van der Waals surface area contributed by atoms with Crippen LogP contribution in [0.2, 0.25) is 0 Å². The van der Waals surface area contributed by atoms with Gasteiger partial charge in [0.25, 0.3) is 0 Å². The lowest BCUT2D eigenvalue weighted by atomic mass is 10.1. The highest BCUT2D eigenvalue weighted by molar-refractivity contribution is 4.64. The van der Waals surface area contributed by atoms with Gasteiger partial charge in [-0.2, -0.15) is 0 Å². The molecule has 0 spiro atoms. The Balaban J connectivity index is 3.58. The Kier molecular flexibility index (Phi) is 12.9. The summed E-state index contributed by atoms with van der Waals surface area (Å²) >= 11 is 0. The van der Waals surface area contributed by atoms with E-state index in [2.05, 4.69) is 31.4 Å². The molecule has 2 N–H and O–H groups in total. The van der Waals surface area contributed by atoms with Crippen molar-refractivity contribution in [2.75, 3.05) is 13.1 Å². The van der Waals surface area contributed by atoms with Gasteiger partial charge < -0.3 is 10.6 Å². The molecule has 0 saturated heterocycles. The fourth-order valence-electron chi connectivity index (χ4n) is 1.78. The van der Waals surface area contributed by atoms with Crippen molar-refractivity contribution in [1.82, 2.24) is 10.6 Å². The maximum absolute atomic E-state index is 3.63. The number of unbranched alkanes of at least 4 members (excludes halogenated alkanes) is 4. The van der Waals surface area contributed by atoms with Gasteiger partial charge in [-0.15, -0.1) is 0 Å². The van der Waals surface area contributed by atoms with E-state index in [4.69, 9.17) is 0 Å². The van der Waals surface area contributed by atoms with E-state index in [9.17, 15) is 0 Å². The molecule has 0 aliphatic rings. The summed E-state index contributed by atoms with van der Waals surface area (Å²) < 4.78 is 0. The van der Waals surface area contributed by atoms with Gasteiger partial charge in [-0.3, -0.25) is 0 Å². The number of rotatable bonds is 12. The predicted octanol–water partition coefficient (Wildman–Crippen LogP) is 3.67. The van der Waals surface area contributed by atoms with Gasteiger partial charge in [0.2, 0.25) is 0 Å². The Morgan fingerprint density at radius 3 is 1.62 bits per heavy atom. The summed E-state index contributed by atoms with van der Waals surface area (Å²) in [7, 11) is 0. The molecule has 0 aliphatic carbocycles. The van der Waals surface area contributed by atoms with Crippen LogP contribution in [0.25, 0.3) is 0 Å². The Morgan fingerprint density at radius 2 is 1.19 bits per heavy atom. The van der Waals surface area contributed by atoms with Crippen molar-refractivity contribution in [2.45, 2.75) is 78.3 Å². The van der Waals surface area contributed by atoms with Crippen molar-refractivity contribution in [3.05, 3.63) is 0 Å². The van der Waals surface area contributed by atoms with Crippen LogP contribution in [-0.4, -0.2) is 19.3 Å². The number of nitrogens with one attached hydrogen (secondary N) is 2. The third kappa shape index (κ3) is 10.4. The van der Waals surface area contributed by atoms with Crippen molar-refractivity contribution in [1.29, 1.82) is 0 Å². The zero-order valence-electron chi connectivity index (χ0n) is 11.6. The molecule has 0 atom stereocenters. The van der Waals surface area contributed by atoms with Crippen molar-refractivity contribution >= 4 is 0 Å². The van der Waals surface area contributed by atoms with E-state index in [0.29, 0.717) is 6.17 Å². The highest BCUT2D eigenvalue weighted by atomic mass is 15.1. The molecule has 98 valence electrons. The minimum atomic E-state index is 0.546. The standard InChI is InChI=1S/C14H32N2/c1-4-7-10-11-14(15-12-8-5-2)16-13-9-6-3/h14-16H,4-13H2,1-3H3. The largest absolute Gasteiger partial charge is 0.302 e. The summed E-state index contributed by atoms with van der Waals surface area (Å²) in [5.74, 6) is 0. The lowest BCUT2D eigenvalue weighted by Gasteiger charge is -2.20. The predicted molar refractivity (Wildman–Crippen MR) is 73.8 cm³/mol. The van der Waals surface area contributed by atoms with Crippen LogP contribution in [0.3, 0.4) is 0 Å². The Hall–Kier alpha value is -0.0800. The summed E-state index contributed by atoms with van der Waals surface area (Å²) in [6.45, 7) is 9.08. The highest BCUT2D eigenvalue weighted by Crippen LogP contribution is 2.02. The molecule has 0 rings (SSSR count). The van der Waals surface area contributed by atoms with E-state index in [-0.39, 0.29) is 0 Å². The summed E-state index contributed by atoms with van der Waals surface area (Å²) in [5, 5.41) is 7.25. The van der Waals surface area contributed by atoms with Crippen LogP contribution in [0.4, 0.5) is 0 Å². The molecular formula is C14H32N2. The lowest BCUT2D eigenvalue weighted by molar-refractivity contribution is 0.382. The topological polar surface area (TPSA) is 24.1 Å². The van der Waals surface area contributed by atoms with Gasteiger partial charge in [-0.25, -0.2) is 0 Å². The molecule has 0 bridgehead atoms. The monoisotopic (exact) mass is 228 g/mol. The normalized spacial score (nSPS) is 11.2. The molecule has 16 heavy (non-hydrogen) atoms. The molecule has 0 heterocycles. The van der Waals surface area contributed by atoms with Crippen molar-refractivity contribution in [3.63, 3.8) is 0 Å². The number of hydrogen-bond donors (Lipinski definition) is 2. The molecule has 0 saturated carbocycles. The van der Waals surface area contributed by atoms with E-state index < -0.39 is 0 Å². The fraction of sp³-hybridized carbons (Fsp3) is 1.00. The van der Waals surface area contributed by atoms with Gasteiger partial charge in [0.15, 0.2) is 0 Å². The summed E-state index contributed by atoms with van der Waals surface area (Å²) in [6.07, 6.45) is 11.0. The quantitative estimate of drug-likeness (QED) is 0.393. The Bertz CT molecular complexity index is 102. The van der Waals surface area contributed by atoms with Crippen LogP contribution in [0.5, 0.6) is 0 Å². The Labute approximate surface area is 103 Å². The van der Waals surface area contributed by atoms with Crippen LogP contribution in [0.1, 0.15) is 72.1 Å². The Morgan fingerprint density at radius 1 is 0.688 bits per heavy atom. The zero-order chi connectivity index (χ0) is 12.1. The second-order valence-corrected chi connectivity index (χ2v) is 4.66. The van der Waals surface area contributed by atoms with E-state index in [1.165, 1.54) is 51.4 Å². The molecule has 0 aromatic carbocycles. The minimum Gasteiger partial charge on any atom is -0.302 e. The van der Waals surface area contributed by atoms with Crippen LogP contribution in [0, 0.1) is 0 Å². The molecule has 0 unspecified atom stereocenters. The van der Waals surface area contributed by atoms with E-state index in [0.717, 1.165) is 13.1 Å². The first-order valence-corrected chi connectivity index (χ1v) is 7.31. The first kappa shape index (κ1) is 15.9. The molecule has 0 fully saturated rings.